The molecule has 3 aliphatic rings. The molecule has 1 aliphatic carbocycles. The fourth-order valence-corrected chi connectivity index (χ4v) is 3.99. The molecule has 4 rings (SSSR count). The van der Waals surface area contributed by atoms with Crippen molar-refractivity contribution >= 4 is 0 Å². The Hall–Kier alpha value is -2.08. The van der Waals surface area contributed by atoms with Crippen molar-refractivity contribution in [2.75, 3.05) is 6.61 Å². The summed E-state index contributed by atoms with van der Waals surface area (Å²) in [6.45, 7) is 1.69. The molecule has 1 unspecified atom stereocenters. The lowest BCUT2D eigenvalue weighted by atomic mass is 9.85. The first-order chi connectivity index (χ1) is 12.1. The van der Waals surface area contributed by atoms with Gasteiger partial charge in [0.2, 0.25) is 0 Å². The third kappa shape index (κ3) is 2.88. The lowest BCUT2D eigenvalue weighted by molar-refractivity contribution is -0.0729. The van der Waals surface area contributed by atoms with Crippen LogP contribution in [0.15, 0.2) is 23.8 Å². The molecule has 0 saturated carbocycles. The van der Waals surface area contributed by atoms with E-state index in [1.54, 1.807) is 0 Å². The average molecular weight is 347 g/mol. The first kappa shape index (κ1) is 16.4. The van der Waals surface area contributed by atoms with Crippen LogP contribution < -0.4 is 5.73 Å². The second kappa shape index (κ2) is 6.33. The molecule has 0 spiro atoms. The molecule has 3 N–H and O–H groups in total. The topological polar surface area (TPSA) is 91.0 Å². The van der Waals surface area contributed by atoms with E-state index in [9.17, 15) is 8.78 Å². The summed E-state index contributed by atoms with van der Waals surface area (Å²) in [5.74, 6) is -1.37. The zero-order valence-corrected chi connectivity index (χ0v) is 13.6. The maximum atomic E-state index is 14.1. The highest BCUT2D eigenvalue weighted by Gasteiger charge is 2.41. The van der Waals surface area contributed by atoms with Gasteiger partial charge in [0.05, 0.1) is 18.4 Å². The highest BCUT2D eigenvalue weighted by molar-refractivity contribution is 5.36. The fraction of sp³-hybridized carbons (Fsp3) is 0.529. The summed E-state index contributed by atoms with van der Waals surface area (Å²) in [6.07, 6.45) is 2.43. The first-order valence-corrected chi connectivity index (χ1v) is 8.36. The Labute approximate surface area is 143 Å². The molecular weight excluding hydrogens is 328 g/mol. The van der Waals surface area contributed by atoms with Crippen LogP contribution in [0, 0.1) is 17.2 Å². The Morgan fingerprint density at radius 1 is 1.36 bits per heavy atom. The molecule has 2 aliphatic heterocycles. The summed E-state index contributed by atoms with van der Waals surface area (Å²) in [7, 11) is 0. The Bertz CT molecular complexity index is 780. The predicted octanol–water partition coefficient (Wildman–Crippen LogP) is 1.81. The number of hydrogen-bond acceptors (Lipinski definition) is 5. The Morgan fingerprint density at radius 2 is 2.20 bits per heavy atom. The van der Waals surface area contributed by atoms with E-state index < -0.39 is 12.0 Å². The van der Waals surface area contributed by atoms with Crippen LogP contribution in [0.2, 0.25) is 0 Å². The van der Waals surface area contributed by atoms with Gasteiger partial charge in [-0.2, -0.15) is 10.4 Å². The Kier molecular flexibility index (Phi) is 4.15. The van der Waals surface area contributed by atoms with Crippen molar-refractivity contribution in [1.82, 2.24) is 15.1 Å². The molecular formula is C17H19F2N5O. The molecule has 4 atom stereocenters. The summed E-state index contributed by atoms with van der Waals surface area (Å²) in [6, 6.07) is 1.79. The zero-order valence-electron chi connectivity index (χ0n) is 13.6. The maximum absolute atomic E-state index is 14.1. The van der Waals surface area contributed by atoms with Gasteiger partial charge in [-0.15, -0.1) is 0 Å². The molecule has 1 aromatic heterocycles. The van der Waals surface area contributed by atoms with Crippen molar-refractivity contribution in [2.45, 2.75) is 44.1 Å². The minimum absolute atomic E-state index is 0.00313. The van der Waals surface area contributed by atoms with Crippen LogP contribution in [-0.2, 0) is 17.8 Å². The van der Waals surface area contributed by atoms with Gasteiger partial charge in [0.25, 0.3) is 0 Å². The molecule has 3 heterocycles. The SMILES string of the molecule is N#Cc1n[nH]c2c1CN([C@H]1CO[C@H](C3CC(F)=CC=C3F)[C@@H](N)C1)C2. The van der Waals surface area contributed by atoms with Crippen molar-refractivity contribution in [1.29, 1.82) is 5.26 Å². The van der Waals surface area contributed by atoms with Crippen molar-refractivity contribution < 1.29 is 13.5 Å². The van der Waals surface area contributed by atoms with E-state index in [0.717, 1.165) is 23.4 Å². The second-order valence-electron chi connectivity index (χ2n) is 6.87. The number of nitrogens with two attached hydrogens (primary N) is 1. The van der Waals surface area contributed by atoms with E-state index in [1.807, 2.05) is 0 Å². The summed E-state index contributed by atoms with van der Waals surface area (Å²) < 4.78 is 33.4. The predicted molar refractivity (Wildman–Crippen MR) is 85.2 cm³/mol. The third-order valence-corrected chi connectivity index (χ3v) is 5.33. The Morgan fingerprint density at radius 3 is 2.96 bits per heavy atom. The van der Waals surface area contributed by atoms with Crippen LogP contribution in [-0.4, -0.2) is 39.9 Å². The molecule has 1 fully saturated rings. The van der Waals surface area contributed by atoms with Gasteiger partial charge in [0.15, 0.2) is 5.69 Å². The highest BCUT2D eigenvalue weighted by Crippen LogP contribution is 2.36. The van der Waals surface area contributed by atoms with Gasteiger partial charge in [0, 0.05) is 43.1 Å². The molecule has 1 saturated heterocycles. The average Bonchev–Trinajstić information content (AvgIpc) is 3.17. The summed E-state index contributed by atoms with van der Waals surface area (Å²) in [4.78, 5) is 2.19. The van der Waals surface area contributed by atoms with E-state index in [0.29, 0.717) is 31.8 Å². The minimum atomic E-state index is -0.651. The van der Waals surface area contributed by atoms with Crippen LogP contribution in [0.5, 0.6) is 0 Å². The molecule has 6 nitrogen and oxygen atoms in total. The molecule has 0 radical (unpaired) electrons. The number of hydrogen-bond donors (Lipinski definition) is 2. The van der Waals surface area contributed by atoms with Gasteiger partial charge >= 0.3 is 0 Å². The first-order valence-electron chi connectivity index (χ1n) is 8.36. The molecule has 0 amide bonds. The van der Waals surface area contributed by atoms with Crippen molar-refractivity contribution in [3.8, 4) is 6.07 Å². The van der Waals surface area contributed by atoms with Crippen LogP contribution in [0.3, 0.4) is 0 Å². The quantitative estimate of drug-likeness (QED) is 0.851. The number of nitriles is 1. The molecule has 1 aromatic rings. The minimum Gasteiger partial charge on any atom is -0.374 e. The second-order valence-corrected chi connectivity index (χ2v) is 6.87. The number of halogens is 2. The summed E-state index contributed by atoms with van der Waals surface area (Å²) in [5.41, 5.74) is 8.54. The largest absolute Gasteiger partial charge is 0.374 e. The zero-order chi connectivity index (χ0) is 17.6. The van der Waals surface area contributed by atoms with Crippen LogP contribution in [0.25, 0.3) is 0 Å². The van der Waals surface area contributed by atoms with Gasteiger partial charge in [0.1, 0.15) is 17.7 Å². The van der Waals surface area contributed by atoms with Crippen LogP contribution in [0.4, 0.5) is 8.78 Å². The fourth-order valence-electron chi connectivity index (χ4n) is 3.99. The Balaban J connectivity index is 1.41. The monoisotopic (exact) mass is 347 g/mol. The third-order valence-electron chi connectivity index (χ3n) is 5.33. The number of aromatic amines is 1. The van der Waals surface area contributed by atoms with Gasteiger partial charge in [-0.05, 0) is 18.6 Å². The lowest BCUT2D eigenvalue weighted by Gasteiger charge is -2.41. The number of allylic oxidation sites excluding steroid dienone is 3. The highest BCUT2D eigenvalue weighted by atomic mass is 19.1. The summed E-state index contributed by atoms with van der Waals surface area (Å²) in [5, 5.41) is 16.0. The van der Waals surface area contributed by atoms with Crippen molar-refractivity contribution in [3.05, 3.63) is 40.8 Å². The van der Waals surface area contributed by atoms with Gasteiger partial charge in [-0.25, -0.2) is 8.78 Å². The van der Waals surface area contributed by atoms with E-state index in [4.69, 9.17) is 15.7 Å². The van der Waals surface area contributed by atoms with E-state index in [2.05, 4.69) is 21.2 Å². The van der Waals surface area contributed by atoms with Crippen LogP contribution in [0.1, 0.15) is 29.8 Å². The number of ether oxygens (including phenoxy) is 1. The van der Waals surface area contributed by atoms with Crippen molar-refractivity contribution in [3.63, 3.8) is 0 Å². The number of H-pyrrole nitrogens is 1. The van der Waals surface area contributed by atoms with Crippen molar-refractivity contribution in [2.24, 2.45) is 11.7 Å². The number of aromatic nitrogens is 2. The lowest BCUT2D eigenvalue weighted by Crippen LogP contribution is -2.53. The van der Waals surface area contributed by atoms with E-state index >= 15 is 0 Å². The summed E-state index contributed by atoms with van der Waals surface area (Å²) >= 11 is 0. The van der Waals surface area contributed by atoms with E-state index in [1.165, 1.54) is 0 Å². The number of nitrogens with one attached hydrogen (secondary N) is 1. The van der Waals surface area contributed by atoms with Gasteiger partial charge < -0.3 is 10.5 Å². The molecule has 0 aromatic carbocycles. The smallest absolute Gasteiger partial charge is 0.167 e. The number of rotatable bonds is 2. The molecule has 0 bridgehead atoms. The molecule has 132 valence electrons. The standard InChI is InChI=1S/C17H19F2N5O/c18-9-1-2-13(19)11(3-9)17-14(21)4-10(8-25-17)24-6-12-15(5-20)22-23-16(12)7-24/h1-2,10-11,14,17H,3-4,6-8,21H2,(H,22,23)/t10-,11?,14+,17-/m1/s1. The maximum Gasteiger partial charge on any atom is 0.167 e. The van der Waals surface area contributed by atoms with Crippen LogP contribution >= 0.6 is 0 Å². The van der Waals surface area contributed by atoms with Gasteiger partial charge in [-0.1, -0.05) is 0 Å². The normalized spacial score (nSPS) is 32.7. The number of nitrogens with zero attached hydrogens (tertiary/aromatic N) is 3. The van der Waals surface area contributed by atoms with E-state index in [-0.39, 0.29) is 30.2 Å². The molecule has 8 heteroatoms. The number of fused-ring (bicyclic) bond motifs is 1. The van der Waals surface area contributed by atoms with Gasteiger partial charge in [-0.3, -0.25) is 10.00 Å². The molecule has 25 heavy (non-hydrogen) atoms.